The Kier molecular flexibility index (Phi) is 4.28. The molecular formula is C18H17N7. The molecule has 0 saturated heterocycles. The van der Waals surface area contributed by atoms with Crippen LogP contribution in [0.3, 0.4) is 0 Å². The highest BCUT2D eigenvalue weighted by Crippen LogP contribution is 2.22. The predicted molar refractivity (Wildman–Crippen MR) is 91.7 cm³/mol. The zero-order chi connectivity index (χ0) is 16.9. The molecule has 7 heteroatoms. The number of nitrogens with zero attached hydrogens (tertiary/aromatic N) is 6. The molecule has 1 atom stereocenters. The first-order valence-electron chi connectivity index (χ1n) is 8.12. The SMILES string of the molecule is c1ccc(CCc2nc(C(c3ccccc3)n3cnnn3)n[nH]2)cc1. The van der Waals surface area contributed by atoms with Crippen LogP contribution in [-0.2, 0) is 12.8 Å². The van der Waals surface area contributed by atoms with Gasteiger partial charge in [-0.05, 0) is 28.0 Å². The van der Waals surface area contributed by atoms with Crippen molar-refractivity contribution in [3.8, 4) is 0 Å². The highest BCUT2D eigenvalue weighted by Gasteiger charge is 2.22. The highest BCUT2D eigenvalue weighted by molar-refractivity contribution is 5.25. The zero-order valence-electron chi connectivity index (χ0n) is 13.5. The van der Waals surface area contributed by atoms with E-state index in [2.05, 4.69) is 42.8 Å². The van der Waals surface area contributed by atoms with Crippen molar-refractivity contribution in [2.45, 2.75) is 18.9 Å². The van der Waals surface area contributed by atoms with Crippen molar-refractivity contribution < 1.29 is 0 Å². The number of aromatic amines is 1. The first kappa shape index (κ1) is 15.2. The van der Waals surface area contributed by atoms with Crippen molar-refractivity contribution in [2.75, 3.05) is 0 Å². The van der Waals surface area contributed by atoms with E-state index in [1.807, 2.05) is 48.5 Å². The fourth-order valence-corrected chi connectivity index (χ4v) is 2.79. The summed E-state index contributed by atoms with van der Waals surface area (Å²) >= 11 is 0. The summed E-state index contributed by atoms with van der Waals surface area (Å²) in [7, 11) is 0. The van der Waals surface area contributed by atoms with Gasteiger partial charge in [-0.15, -0.1) is 5.10 Å². The molecule has 0 aliphatic carbocycles. The number of rotatable bonds is 6. The average Bonchev–Trinajstić information content (AvgIpc) is 3.35. The van der Waals surface area contributed by atoms with E-state index in [1.54, 1.807) is 11.0 Å². The van der Waals surface area contributed by atoms with Crippen LogP contribution in [0.2, 0.25) is 0 Å². The van der Waals surface area contributed by atoms with Crippen molar-refractivity contribution in [3.05, 3.63) is 89.8 Å². The lowest BCUT2D eigenvalue weighted by atomic mass is 10.1. The van der Waals surface area contributed by atoms with Gasteiger partial charge in [-0.3, -0.25) is 5.10 Å². The monoisotopic (exact) mass is 331 g/mol. The lowest BCUT2D eigenvalue weighted by molar-refractivity contribution is 0.547. The Bertz CT molecular complexity index is 901. The molecule has 2 heterocycles. The van der Waals surface area contributed by atoms with Gasteiger partial charge in [0.15, 0.2) is 5.82 Å². The van der Waals surface area contributed by atoms with E-state index in [4.69, 9.17) is 0 Å². The molecule has 0 spiro atoms. The number of H-pyrrole nitrogens is 1. The smallest absolute Gasteiger partial charge is 0.179 e. The summed E-state index contributed by atoms with van der Waals surface area (Å²) in [5.41, 5.74) is 2.31. The number of hydrogen-bond donors (Lipinski definition) is 1. The first-order chi connectivity index (χ1) is 12.4. The molecule has 0 fully saturated rings. The largest absolute Gasteiger partial charge is 0.263 e. The molecule has 4 rings (SSSR count). The van der Waals surface area contributed by atoms with Gasteiger partial charge < -0.3 is 0 Å². The minimum absolute atomic E-state index is 0.252. The Morgan fingerprint density at radius 1 is 0.920 bits per heavy atom. The molecule has 2 aromatic carbocycles. The van der Waals surface area contributed by atoms with Crippen LogP contribution in [0.25, 0.3) is 0 Å². The van der Waals surface area contributed by atoms with Crippen LogP contribution in [0.5, 0.6) is 0 Å². The maximum Gasteiger partial charge on any atom is 0.179 e. The topological polar surface area (TPSA) is 85.2 Å². The molecule has 2 aromatic heterocycles. The second-order valence-corrected chi connectivity index (χ2v) is 5.73. The second kappa shape index (κ2) is 7.04. The summed E-state index contributed by atoms with van der Waals surface area (Å²) < 4.78 is 1.67. The van der Waals surface area contributed by atoms with Gasteiger partial charge in [-0.2, -0.15) is 5.10 Å². The van der Waals surface area contributed by atoms with Gasteiger partial charge in [0, 0.05) is 6.42 Å². The van der Waals surface area contributed by atoms with E-state index >= 15 is 0 Å². The van der Waals surface area contributed by atoms with Crippen LogP contribution < -0.4 is 0 Å². The minimum Gasteiger partial charge on any atom is -0.263 e. The number of benzene rings is 2. The molecule has 0 saturated carbocycles. The van der Waals surface area contributed by atoms with E-state index in [0.29, 0.717) is 5.82 Å². The summed E-state index contributed by atoms with van der Waals surface area (Å²) in [6.45, 7) is 0. The Morgan fingerprint density at radius 3 is 2.40 bits per heavy atom. The normalized spacial score (nSPS) is 12.2. The molecule has 0 aliphatic rings. The number of nitrogens with one attached hydrogen (secondary N) is 1. The molecule has 1 unspecified atom stereocenters. The maximum atomic E-state index is 4.67. The van der Waals surface area contributed by atoms with E-state index in [-0.39, 0.29) is 6.04 Å². The summed E-state index contributed by atoms with van der Waals surface area (Å²) in [6, 6.07) is 20.1. The number of aryl methyl sites for hydroxylation is 2. The minimum atomic E-state index is -0.252. The van der Waals surface area contributed by atoms with Crippen LogP contribution >= 0.6 is 0 Å². The van der Waals surface area contributed by atoms with Crippen LogP contribution in [0.4, 0.5) is 0 Å². The molecule has 7 nitrogen and oxygen atoms in total. The quantitative estimate of drug-likeness (QED) is 0.585. The third-order valence-corrected chi connectivity index (χ3v) is 4.03. The lowest BCUT2D eigenvalue weighted by Crippen LogP contribution is -2.15. The fraction of sp³-hybridized carbons (Fsp3) is 0.167. The van der Waals surface area contributed by atoms with Crippen molar-refractivity contribution in [1.29, 1.82) is 0 Å². The summed E-state index contributed by atoms with van der Waals surface area (Å²) in [5, 5.41) is 19.0. The number of tetrazole rings is 1. The lowest BCUT2D eigenvalue weighted by Gasteiger charge is -2.12. The van der Waals surface area contributed by atoms with E-state index in [1.165, 1.54) is 5.56 Å². The Hall–Kier alpha value is -3.35. The fourth-order valence-electron chi connectivity index (χ4n) is 2.79. The van der Waals surface area contributed by atoms with Gasteiger partial charge in [0.25, 0.3) is 0 Å². The van der Waals surface area contributed by atoms with Crippen LogP contribution in [0, 0.1) is 0 Å². The third-order valence-electron chi connectivity index (χ3n) is 4.03. The molecule has 0 radical (unpaired) electrons. The summed E-state index contributed by atoms with van der Waals surface area (Å²) in [4.78, 5) is 4.67. The van der Waals surface area contributed by atoms with Gasteiger partial charge in [0.1, 0.15) is 18.2 Å². The van der Waals surface area contributed by atoms with Crippen LogP contribution in [-0.4, -0.2) is 35.4 Å². The van der Waals surface area contributed by atoms with Crippen LogP contribution in [0.1, 0.15) is 28.8 Å². The predicted octanol–water partition coefficient (Wildman–Crippen LogP) is 2.21. The highest BCUT2D eigenvalue weighted by atomic mass is 15.5. The van der Waals surface area contributed by atoms with Crippen LogP contribution in [0.15, 0.2) is 67.0 Å². The van der Waals surface area contributed by atoms with Gasteiger partial charge in [0.05, 0.1) is 0 Å². The second-order valence-electron chi connectivity index (χ2n) is 5.73. The molecule has 1 N–H and O–H groups in total. The van der Waals surface area contributed by atoms with E-state index in [9.17, 15) is 0 Å². The Balaban J connectivity index is 1.58. The molecule has 25 heavy (non-hydrogen) atoms. The number of aromatic nitrogens is 7. The maximum absolute atomic E-state index is 4.67. The van der Waals surface area contributed by atoms with Gasteiger partial charge in [-0.25, -0.2) is 9.67 Å². The Morgan fingerprint density at radius 2 is 1.68 bits per heavy atom. The third kappa shape index (κ3) is 3.45. The zero-order valence-corrected chi connectivity index (χ0v) is 13.5. The number of hydrogen-bond acceptors (Lipinski definition) is 5. The summed E-state index contributed by atoms with van der Waals surface area (Å²) in [6.07, 6.45) is 3.29. The van der Waals surface area contributed by atoms with Crippen molar-refractivity contribution in [2.24, 2.45) is 0 Å². The molecule has 124 valence electrons. The Labute approximate surface area is 144 Å². The molecule has 4 aromatic rings. The molecular weight excluding hydrogens is 314 g/mol. The van der Waals surface area contributed by atoms with Gasteiger partial charge >= 0.3 is 0 Å². The molecule has 0 bridgehead atoms. The average molecular weight is 331 g/mol. The van der Waals surface area contributed by atoms with E-state index < -0.39 is 0 Å². The van der Waals surface area contributed by atoms with Crippen molar-refractivity contribution in [1.82, 2.24) is 35.4 Å². The molecule has 0 aliphatic heterocycles. The van der Waals surface area contributed by atoms with Crippen molar-refractivity contribution in [3.63, 3.8) is 0 Å². The van der Waals surface area contributed by atoms with Gasteiger partial charge in [-0.1, -0.05) is 60.7 Å². The van der Waals surface area contributed by atoms with Gasteiger partial charge in [0.2, 0.25) is 0 Å². The molecule has 0 amide bonds. The van der Waals surface area contributed by atoms with E-state index in [0.717, 1.165) is 24.2 Å². The van der Waals surface area contributed by atoms with Crippen molar-refractivity contribution >= 4 is 0 Å². The summed E-state index contributed by atoms with van der Waals surface area (Å²) in [5.74, 6) is 1.51. The first-order valence-corrected chi connectivity index (χ1v) is 8.12. The standard InChI is InChI=1S/C18H17N7/c1-3-7-14(8-4-1)11-12-16-20-18(22-21-16)17(25-13-19-23-24-25)15-9-5-2-6-10-15/h1-10,13,17H,11-12H2,(H,20,21,22).